The number of carbonyl (C=O) groups is 5. The van der Waals surface area contributed by atoms with Crippen molar-refractivity contribution in [2.45, 2.75) is 132 Å². The minimum atomic E-state index is -0.790. The van der Waals surface area contributed by atoms with Crippen LogP contribution < -0.4 is 9.47 Å². The number of esters is 1. The number of ketones is 4. The fourth-order valence-corrected chi connectivity index (χ4v) is 9.98. The largest absolute Gasteiger partial charge is 0.496 e. The Morgan fingerprint density at radius 1 is 1.02 bits per heavy atom. The summed E-state index contributed by atoms with van der Waals surface area (Å²) in [5.41, 5.74) is 2.62. The van der Waals surface area contributed by atoms with Crippen LogP contribution in [-0.4, -0.2) is 48.4 Å². The molecule has 3 saturated carbocycles. The monoisotopic (exact) mass is 792 g/mol. The summed E-state index contributed by atoms with van der Waals surface area (Å²) >= 11 is 0. The van der Waals surface area contributed by atoms with Crippen LogP contribution in [0.25, 0.3) is 16.3 Å². The van der Waals surface area contributed by atoms with E-state index in [2.05, 4.69) is 24.8 Å². The summed E-state index contributed by atoms with van der Waals surface area (Å²) in [5.74, 6) is -1.60. The fourth-order valence-electron chi connectivity index (χ4n) is 9.98. The first-order valence-corrected chi connectivity index (χ1v) is 21.5. The Hall–Kier alpha value is -4.33. The molecule has 0 saturated heterocycles. The van der Waals surface area contributed by atoms with E-state index in [4.69, 9.17) is 14.2 Å². The minimum Gasteiger partial charge on any atom is -0.496 e. The lowest BCUT2D eigenvalue weighted by Gasteiger charge is -2.33. The van der Waals surface area contributed by atoms with Gasteiger partial charge < -0.3 is 14.2 Å². The highest BCUT2D eigenvalue weighted by atomic mass is 16.5. The number of rotatable bonds is 17. The Kier molecular flexibility index (Phi) is 12.8. The molecule has 312 valence electrons. The predicted molar refractivity (Wildman–Crippen MR) is 228 cm³/mol. The van der Waals surface area contributed by atoms with Crippen molar-refractivity contribution < 1.29 is 38.2 Å². The number of aryl methyl sites for hydroxylation is 1. The summed E-state index contributed by atoms with van der Waals surface area (Å²) in [6.45, 7) is 19.2. The molecule has 8 heteroatoms. The van der Waals surface area contributed by atoms with E-state index in [0.717, 1.165) is 64.5 Å². The Labute approximate surface area is 345 Å². The average molecular weight is 793 g/mol. The van der Waals surface area contributed by atoms with Crippen LogP contribution in [0.4, 0.5) is 0 Å². The second kappa shape index (κ2) is 17.1. The number of benzene rings is 2. The molecular formula is C50H64O8. The first-order chi connectivity index (χ1) is 27.4. The van der Waals surface area contributed by atoms with Gasteiger partial charge in [-0.05, 0) is 116 Å². The molecule has 0 aromatic heterocycles. The van der Waals surface area contributed by atoms with E-state index >= 15 is 4.79 Å². The molecule has 0 bridgehead atoms. The molecule has 7 unspecified atom stereocenters. The van der Waals surface area contributed by atoms with Crippen molar-refractivity contribution in [1.82, 2.24) is 0 Å². The van der Waals surface area contributed by atoms with Gasteiger partial charge in [0.15, 0.2) is 0 Å². The van der Waals surface area contributed by atoms with Gasteiger partial charge in [0.05, 0.1) is 13.5 Å². The van der Waals surface area contributed by atoms with Gasteiger partial charge in [-0.3, -0.25) is 24.0 Å². The molecule has 58 heavy (non-hydrogen) atoms. The van der Waals surface area contributed by atoms with Gasteiger partial charge in [-0.2, -0.15) is 0 Å². The summed E-state index contributed by atoms with van der Waals surface area (Å²) in [5, 5.41) is 1.84. The molecule has 8 nitrogen and oxygen atoms in total. The first kappa shape index (κ1) is 43.3. The normalized spacial score (nSPS) is 26.3. The van der Waals surface area contributed by atoms with Gasteiger partial charge in [0.1, 0.15) is 46.8 Å². The summed E-state index contributed by atoms with van der Waals surface area (Å²) < 4.78 is 18.6. The van der Waals surface area contributed by atoms with Crippen molar-refractivity contribution in [2.75, 3.05) is 7.11 Å². The molecule has 7 atom stereocenters. The van der Waals surface area contributed by atoms with Crippen LogP contribution in [-0.2, 0) is 28.7 Å². The van der Waals surface area contributed by atoms with Gasteiger partial charge >= 0.3 is 5.97 Å². The maximum absolute atomic E-state index is 15.0. The highest BCUT2D eigenvalue weighted by molar-refractivity contribution is 5.99. The van der Waals surface area contributed by atoms with Crippen LogP contribution in [0.1, 0.15) is 124 Å². The molecule has 4 aliphatic carbocycles. The zero-order chi connectivity index (χ0) is 42.3. The third-order valence-corrected chi connectivity index (χ3v) is 13.9. The number of hydrogen-bond donors (Lipinski definition) is 0. The summed E-state index contributed by atoms with van der Waals surface area (Å²) in [7, 11) is 1.65. The van der Waals surface area contributed by atoms with Crippen molar-refractivity contribution in [3.63, 3.8) is 0 Å². The highest BCUT2D eigenvalue weighted by Gasteiger charge is 2.60. The van der Waals surface area contributed by atoms with Crippen molar-refractivity contribution in [3.05, 3.63) is 65.8 Å². The molecule has 2 aromatic rings. The van der Waals surface area contributed by atoms with E-state index < -0.39 is 34.7 Å². The van der Waals surface area contributed by atoms with E-state index in [-0.39, 0.29) is 65.8 Å². The Bertz CT molecular complexity index is 2040. The molecule has 6 rings (SSSR count). The van der Waals surface area contributed by atoms with E-state index in [1.807, 2.05) is 66.7 Å². The molecule has 0 spiro atoms. The summed E-state index contributed by atoms with van der Waals surface area (Å²) in [6.07, 6.45) is 11.1. The maximum Gasteiger partial charge on any atom is 0.306 e. The Morgan fingerprint density at radius 2 is 1.72 bits per heavy atom. The molecule has 0 radical (unpaired) electrons. The molecular weight excluding hydrogens is 729 g/mol. The standard InChI is InChI=1S/C50H64O8/c1-11-35-26-50(35,31(6)51)27-42(53)47-30(5)44(24-39(47)48(55)40(49(7,8)9)25-46(54)57-36-14-12-13-15-36)58-45-23-34(22-38-29(4)43(56-10)19-18-37(38)45)33-17-16-32(20-33)21-41(52)28(2)3/h11,17-20,22-23,28,30,35-36,39-40,44,47H,1,12-16,21,24-27H2,2-10H3. The molecule has 0 N–H and O–H groups in total. The predicted octanol–water partition coefficient (Wildman–Crippen LogP) is 10.4. The lowest BCUT2D eigenvalue weighted by molar-refractivity contribution is -0.154. The zero-order valence-corrected chi connectivity index (χ0v) is 36.2. The lowest BCUT2D eigenvalue weighted by atomic mass is 9.69. The fraction of sp³-hybridized carbons (Fsp3) is 0.580. The van der Waals surface area contributed by atoms with Crippen molar-refractivity contribution in [3.8, 4) is 11.5 Å². The van der Waals surface area contributed by atoms with Crippen LogP contribution in [0.15, 0.2) is 54.6 Å². The van der Waals surface area contributed by atoms with Crippen LogP contribution >= 0.6 is 0 Å². The topological polar surface area (TPSA) is 113 Å². The molecule has 3 fully saturated rings. The number of methoxy groups -OCH3 is 1. The number of hydrogen-bond acceptors (Lipinski definition) is 8. The second-order valence-corrected chi connectivity index (χ2v) is 19.1. The number of ether oxygens (including phenoxy) is 3. The first-order valence-electron chi connectivity index (χ1n) is 21.5. The third-order valence-electron chi connectivity index (χ3n) is 13.9. The Morgan fingerprint density at radius 3 is 2.33 bits per heavy atom. The van der Waals surface area contributed by atoms with Crippen molar-refractivity contribution in [2.24, 2.45) is 46.3 Å². The lowest BCUT2D eigenvalue weighted by Crippen LogP contribution is -2.40. The van der Waals surface area contributed by atoms with Crippen LogP contribution in [0, 0.1) is 53.3 Å². The Balaban J connectivity index is 1.36. The smallest absolute Gasteiger partial charge is 0.306 e. The molecule has 4 aliphatic rings. The highest BCUT2D eigenvalue weighted by Crippen LogP contribution is 2.58. The van der Waals surface area contributed by atoms with Crippen LogP contribution in [0.5, 0.6) is 11.5 Å². The van der Waals surface area contributed by atoms with E-state index in [1.165, 1.54) is 0 Å². The van der Waals surface area contributed by atoms with E-state index in [0.29, 0.717) is 31.4 Å². The van der Waals surface area contributed by atoms with Gasteiger partial charge in [0, 0.05) is 53.2 Å². The summed E-state index contributed by atoms with van der Waals surface area (Å²) in [6, 6.07) is 8.08. The van der Waals surface area contributed by atoms with Gasteiger partial charge in [0.25, 0.3) is 0 Å². The maximum atomic E-state index is 15.0. The number of allylic oxidation sites excluding steroid dienone is 5. The van der Waals surface area contributed by atoms with Gasteiger partial charge in [-0.1, -0.05) is 65.3 Å². The summed E-state index contributed by atoms with van der Waals surface area (Å²) in [4.78, 5) is 68.7. The molecule has 0 amide bonds. The minimum absolute atomic E-state index is 0.0321. The third kappa shape index (κ3) is 8.82. The van der Waals surface area contributed by atoms with Gasteiger partial charge in [-0.15, -0.1) is 6.58 Å². The molecule has 2 aromatic carbocycles. The number of Topliss-reactive ketones (excluding diaryl/α,β-unsaturated/α-hetero) is 4. The quantitative estimate of drug-likeness (QED) is 0.115. The number of fused-ring (bicyclic) bond motifs is 1. The molecule has 0 aliphatic heterocycles. The van der Waals surface area contributed by atoms with Gasteiger partial charge in [0.2, 0.25) is 0 Å². The van der Waals surface area contributed by atoms with Crippen molar-refractivity contribution in [1.29, 1.82) is 0 Å². The number of carbonyl (C=O) groups excluding carboxylic acids is 5. The van der Waals surface area contributed by atoms with Gasteiger partial charge in [-0.25, -0.2) is 0 Å². The van der Waals surface area contributed by atoms with Crippen molar-refractivity contribution >= 4 is 45.4 Å². The van der Waals surface area contributed by atoms with Crippen LogP contribution in [0.2, 0.25) is 0 Å². The zero-order valence-electron chi connectivity index (χ0n) is 36.2. The average Bonchev–Trinajstić information content (AvgIpc) is 3.50. The molecule has 0 heterocycles. The van der Waals surface area contributed by atoms with E-state index in [9.17, 15) is 19.2 Å². The van der Waals surface area contributed by atoms with E-state index in [1.54, 1.807) is 20.1 Å². The second-order valence-electron chi connectivity index (χ2n) is 19.1. The SMILES string of the molecule is C=CC1CC1(CC(=O)C1C(C(=O)C(CC(=O)OC2CCCC2)C(C)(C)C)CC(Oc2cc(C3=CCC(CC(=O)C(C)C)=C3)cc3c(C)c(OC)ccc23)C1C)C(C)=O. The van der Waals surface area contributed by atoms with Crippen LogP contribution in [0.3, 0.4) is 0 Å².